The van der Waals surface area contributed by atoms with Crippen molar-refractivity contribution in [2.45, 2.75) is 87.6 Å². The molecule has 3 N–H and O–H groups in total. The van der Waals surface area contributed by atoms with Gasteiger partial charge in [0, 0.05) is 5.56 Å². The lowest BCUT2D eigenvalue weighted by Gasteiger charge is -2.59. The minimum Gasteiger partial charge on any atom is -0.493 e. The van der Waals surface area contributed by atoms with Gasteiger partial charge < -0.3 is 39.0 Å². The zero-order valence-corrected chi connectivity index (χ0v) is 23.1. The smallest absolute Gasteiger partial charge is 0.348 e. The Balaban J connectivity index is 1.23. The number of benzene rings is 1. The van der Waals surface area contributed by atoms with Gasteiger partial charge in [0.25, 0.3) is 0 Å². The Morgan fingerprint density at radius 1 is 1.10 bits per heavy atom. The summed E-state index contributed by atoms with van der Waals surface area (Å²) >= 11 is 0. The van der Waals surface area contributed by atoms with Crippen LogP contribution in [0.3, 0.4) is 0 Å². The molecule has 1 spiro atoms. The highest BCUT2D eigenvalue weighted by Gasteiger charge is 2.70. The number of hydrogen-bond donors (Lipinski definition) is 3. The largest absolute Gasteiger partial charge is 0.493 e. The second kappa shape index (κ2) is 10.9. The van der Waals surface area contributed by atoms with Crippen LogP contribution in [0.4, 0.5) is 0 Å². The van der Waals surface area contributed by atoms with E-state index in [4.69, 9.17) is 29.2 Å². The number of carboxylic acids is 2. The van der Waals surface area contributed by atoms with Crippen LogP contribution in [-0.2, 0) is 50.0 Å². The van der Waals surface area contributed by atoms with Gasteiger partial charge in [0.1, 0.15) is 5.76 Å². The van der Waals surface area contributed by atoms with Crippen LogP contribution in [-0.4, -0.2) is 76.2 Å². The number of hydrogen-bond acceptors (Lipinski definition) is 11. The van der Waals surface area contributed by atoms with E-state index in [0.29, 0.717) is 24.3 Å². The van der Waals surface area contributed by atoms with Crippen LogP contribution in [0.5, 0.6) is 11.5 Å². The van der Waals surface area contributed by atoms with Gasteiger partial charge >= 0.3 is 29.8 Å². The first kappa shape index (κ1) is 29.4. The number of carboxylic acid groups (broad SMARTS) is 2. The number of aliphatic carboxylic acids is 2. The van der Waals surface area contributed by atoms with Crippen molar-refractivity contribution in [3.8, 4) is 11.5 Å². The molecule has 0 unspecified atom stereocenters. The Bertz CT molecular complexity index is 1370. The lowest BCUT2D eigenvalue weighted by atomic mass is 9.47. The fourth-order valence-electron chi connectivity index (χ4n) is 6.95. The van der Waals surface area contributed by atoms with Gasteiger partial charge in [-0.05, 0) is 56.2 Å². The SMILES string of the molecule is COc1ccc2c3c1O[C@H]1C(OC(=O)CCC(=O)O[C@@H](C)C(=O)O[C@@H](CC(=O)O)C(=O)O)=CC[C@@]4(O)[C@H](CCC[C@]314)C2. The Morgan fingerprint density at radius 3 is 2.52 bits per heavy atom. The summed E-state index contributed by atoms with van der Waals surface area (Å²) < 4.78 is 27.2. The molecule has 1 aromatic rings. The van der Waals surface area contributed by atoms with Crippen LogP contribution >= 0.6 is 0 Å². The minimum absolute atomic E-state index is 0.0241. The van der Waals surface area contributed by atoms with Gasteiger partial charge in [0.05, 0.1) is 37.4 Å². The van der Waals surface area contributed by atoms with Crippen molar-refractivity contribution >= 4 is 29.8 Å². The summed E-state index contributed by atoms with van der Waals surface area (Å²) in [6, 6.07) is 3.84. The Hall–Kier alpha value is -4.13. The number of carbonyl (C=O) groups excluding carboxylic acids is 3. The van der Waals surface area contributed by atoms with Gasteiger partial charge in [-0.3, -0.25) is 14.4 Å². The van der Waals surface area contributed by atoms with Crippen LogP contribution in [0.1, 0.15) is 63.0 Å². The number of aliphatic hydroxyl groups is 1. The second-order valence-corrected chi connectivity index (χ2v) is 11.1. The van der Waals surface area contributed by atoms with Gasteiger partial charge in [-0.25, -0.2) is 9.59 Å². The molecule has 3 aliphatic carbocycles. The van der Waals surface area contributed by atoms with Gasteiger partial charge in [0.2, 0.25) is 6.10 Å². The molecule has 0 radical (unpaired) electrons. The van der Waals surface area contributed by atoms with E-state index in [1.165, 1.54) is 7.11 Å². The van der Waals surface area contributed by atoms with Crippen LogP contribution in [0.25, 0.3) is 0 Å². The summed E-state index contributed by atoms with van der Waals surface area (Å²) in [4.78, 5) is 59.1. The molecule has 226 valence electrons. The third-order valence-electron chi connectivity index (χ3n) is 8.77. The van der Waals surface area contributed by atoms with Crippen molar-refractivity contribution in [1.29, 1.82) is 0 Å². The molecule has 0 aromatic heterocycles. The van der Waals surface area contributed by atoms with E-state index in [1.807, 2.05) is 12.1 Å². The number of carbonyl (C=O) groups is 5. The predicted molar refractivity (Wildman–Crippen MR) is 138 cm³/mol. The van der Waals surface area contributed by atoms with Gasteiger partial charge in [0.15, 0.2) is 23.7 Å². The molecule has 42 heavy (non-hydrogen) atoms. The zero-order chi connectivity index (χ0) is 30.4. The third kappa shape index (κ3) is 4.75. The van der Waals surface area contributed by atoms with E-state index in [0.717, 1.165) is 30.9 Å². The average Bonchev–Trinajstić information content (AvgIpc) is 3.27. The Kier molecular flexibility index (Phi) is 7.64. The number of rotatable bonds is 11. The molecule has 1 aliphatic heterocycles. The lowest BCUT2D eigenvalue weighted by Crippen LogP contribution is -2.67. The molecule has 13 heteroatoms. The van der Waals surface area contributed by atoms with E-state index in [1.54, 1.807) is 6.08 Å². The first-order chi connectivity index (χ1) is 19.9. The summed E-state index contributed by atoms with van der Waals surface area (Å²) in [6.45, 7) is 1.13. The van der Waals surface area contributed by atoms with Crippen LogP contribution in [0, 0.1) is 5.92 Å². The quantitative estimate of drug-likeness (QED) is 0.251. The molecule has 13 nitrogen and oxygen atoms in total. The van der Waals surface area contributed by atoms with Crippen LogP contribution in [0.15, 0.2) is 24.0 Å². The zero-order valence-electron chi connectivity index (χ0n) is 23.1. The topological polar surface area (TPSA) is 192 Å². The number of methoxy groups -OCH3 is 1. The average molecular weight is 589 g/mol. The molecular weight excluding hydrogens is 556 g/mol. The molecule has 0 amide bonds. The van der Waals surface area contributed by atoms with Crippen molar-refractivity contribution in [2.24, 2.45) is 5.92 Å². The highest BCUT2D eigenvalue weighted by atomic mass is 16.6. The van der Waals surface area contributed by atoms with E-state index in [9.17, 15) is 29.1 Å². The molecular formula is C29H32O13. The van der Waals surface area contributed by atoms with Gasteiger partial charge in [-0.2, -0.15) is 0 Å². The van der Waals surface area contributed by atoms with Gasteiger partial charge in [-0.15, -0.1) is 0 Å². The monoisotopic (exact) mass is 588 g/mol. The molecule has 0 saturated heterocycles. The van der Waals surface area contributed by atoms with E-state index in [2.05, 4.69) is 4.74 Å². The van der Waals surface area contributed by atoms with Crippen molar-refractivity contribution < 1.29 is 63.0 Å². The van der Waals surface area contributed by atoms with Crippen LogP contribution in [0.2, 0.25) is 0 Å². The summed E-state index contributed by atoms with van der Waals surface area (Å²) in [7, 11) is 1.54. The van der Waals surface area contributed by atoms with Gasteiger partial charge in [-0.1, -0.05) is 12.5 Å². The van der Waals surface area contributed by atoms with Crippen molar-refractivity contribution in [2.75, 3.05) is 7.11 Å². The first-order valence-electron chi connectivity index (χ1n) is 13.8. The first-order valence-corrected chi connectivity index (χ1v) is 13.8. The molecule has 6 atom stereocenters. The predicted octanol–water partition coefficient (Wildman–Crippen LogP) is 1.80. The minimum atomic E-state index is -1.95. The fraction of sp³-hybridized carbons (Fsp3) is 0.552. The van der Waals surface area contributed by atoms with E-state index >= 15 is 0 Å². The summed E-state index contributed by atoms with van der Waals surface area (Å²) in [6.07, 6.45) is -1.01. The standard InChI is InChI=1S/C29H32O13/c1-14(27(36)41-19(26(34)35)13-20(30)31)39-21(32)7-8-22(33)40-18-9-11-29(37)16-4-3-10-28(29)23-15(12-16)5-6-17(38-2)24(23)42-25(18)28/h5-6,9,14,16,19,25,37H,3-4,7-8,10-13H2,1-2H3,(H,30,31)(H,34,35)/t14-,16+,19-,25-,28-,29+/m0/s1. The Morgan fingerprint density at radius 2 is 1.83 bits per heavy atom. The lowest BCUT2D eigenvalue weighted by molar-refractivity contribution is -0.178. The fourth-order valence-corrected chi connectivity index (χ4v) is 6.95. The maximum absolute atomic E-state index is 12.8. The molecule has 1 fully saturated rings. The van der Waals surface area contributed by atoms with Crippen molar-refractivity contribution in [3.05, 3.63) is 35.1 Å². The normalized spacial score (nSPS) is 27.7. The van der Waals surface area contributed by atoms with Crippen molar-refractivity contribution in [1.82, 2.24) is 0 Å². The maximum atomic E-state index is 12.8. The maximum Gasteiger partial charge on any atom is 0.348 e. The summed E-state index contributed by atoms with van der Waals surface area (Å²) in [5.41, 5.74) is 0.115. The number of esters is 3. The molecule has 4 aliphatic rings. The molecule has 1 aromatic carbocycles. The molecule has 5 rings (SSSR count). The third-order valence-corrected chi connectivity index (χ3v) is 8.77. The van der Waals surface area contributed by atoms with E-state index in [-0.39, 0.29) is 18.1 Å². The molecule has 1 saturated carbocycles. The second-order valence-electron chi connectivity index (χ2n) is 11.1. The highest BCUT2D eigenvalue weighted by molar-refractivity contribution is 5.85. The summed E-state index contributed by atoms with van der Waals surface area (Å²) in [5.74, 6) is -4.76. The van der Waals surface area contributed by atoms with Crippen LogP contribution < -0.4 is 9.47 Å². The molecule has 2 bridgehead atoms. The van der Waals surface area contributed by atoms with Crippen molar-refractivity contribution in [3.63, 3.8) is 0 Å². The van der Waals surface area contributed by atoms with E-state index < -0.39 is 78.4 Å². The highest BCUT2D eigenvalue weighted by Crippen LogP contribution is 2.67. The molecule has 1 heterocycles. The summed E-state index contributed by atoms with van der Waals surface area (Å²) in [5, 5.41) is 29.9. The number of ether oxygens (including phenoxy) is 5. The Labute approximate surface area is 240 Å².